The predicted molar refractivity (Wildman–Crippen MR) is 57.3 cm³/mol. The van der Waals surface area contributed by atoms with Crippen LogP contribution < -0.4 is 5.73 Å². The first-order chi connectivity index (χ1) is 7.63. The van der Waals surface area contributed by atoms with Crippen molar-refractivity contribution in [1.29, 1.82) is 0 Å². The summed E-state index contributed by atoms with van der Waals surface area (Å²) in [6, 6.07) is 2.90. The number of rotatable bonds is 2. The lowest BCUT2D eigenvalue weighted by Crippen LogP contribution is -1.96. The summed E-state index contributed by atoms with van der Waals surface area (Å²) in [6.07, 6.45) is 0. The summed E-state index contributed by atoms with van der Waals surface area (Å²) in [5, 5.41) is 3.69. The molecule has 1 aromatic heterocycles. The van der Waals surface area contributed by atoms with Gasteiger partial charge in [-0.2, -0.15) is 4.98 Å². The number of nitrogens with two attached hydrogens (primary N) is 1. The van der Waals surface area contributed by atoms with Crippen LogP contribution in [0.4, 0.5) is 4.39 Å². The van der Waals surface area contributed by atoms with E-state index in [1.54, 1.807) is 13.0 Å². The first kappa shape index (κ1) is 11.0. The molecule has 16 heavy (non-hydrogen) atoms. The molecule has 0 saturated heterocycles. The van der Waals surface area contributed by atoms with Gasteiger partial charge in [-0.1, -0.05) is 22.8 Å². The Bertz CT molecular complexity index is 527. The summed E-state index contributed by atoms with van der Waals surface area (Å²) in [5.41, 5.74) is 6.55. The van der Waals surface area contributed by atoms with Gasteiger partial charge in [-0.15, -0.1) is 0 Å². The Kier molecular flexibility index (Phi) is 2.89. The standard InChI is InChI=1S/C10H9ClFN3O/c1-5-2-3-6(12)9(11)8(5)10-14-7(4-13)16-15-10/h2-3H,4,13H2,1H3. The lowest BCUT2D eigenvalue weighted by atomic mass is 10.1. The zero-order valence-corrected chi connectivity index (χ0v) is 9.25. The lowest BCUT2D eigenvalue weighted by molar-refractivity contribution is 0.380. The fourth-order valence-corrected chi connectivity index (χ4v) is 1.66. The molecule has 0 fully saturated rings. The molecule has 1 aromatic carbocycles. The second-order valence-electron chi connectivity index (χ2n) is 3.27. The minimum atomic E-state index is -0.513. The maximum Gasteiger partial charge on any atom is 0.240 e. The van der Waals surface area contributed by atoms with Crippen LogP contribution in [0.5, 0.6) is 0 Å². The highest BCUT2D eigenvalue weighted by molar-refractivity contribution is 6.33. The van der Waals surface area contributed by atoms with Crippen LogP contribution in [0.25, 0.3) is 11.4 Å². The molecule has 2 rings (SSSR count). The Morgan fingerprint density at radius 2 is 2.25 bits per heavy atom. The summed E-state index contributed by atoms with van der Waals surface area (Å²) in [5.74, 6) is 0.0264. The van der Waals surface area contributed by atoms with Gasteiger partial charge in [0.2, 0.25) is 11.7 Å². The molecule has 6 heteroatoms. The Hall–Kier alpha value is -1.46. The van der Waals surface area contributed by atoms with Gasteiger partial charge in [0, 0.05) is 5.56 Å². The predicted octanol–water partition coefficient (Wildman–Crippen LogP) is 2.30. The average molecular weight is 242 g/mol. The average Bonchev–Trinajstić information content (AvgIpc) is 2.73. The molecule has 0 spiro atoms. The first-order valence-corrected chi connectivity index (χ1v) is 4.99. The Morgan fingerprint density at radius 3 is 2.88 bits per heavy atom. The summed E-state index contributed by atoms with van der Waals surface area (Å²) in [4.78, 5) is 4.01. The molecular formula is C10H9ClFN3O. The minimum absolute atomic E-state index is 0.00984. The highest BCUT2D eigenvalue weighted by atomic mass is 35.5. The van der Waals surface area contributed by atoms with Gasteiger partial charge in [-0.05, 0) is 18.6 Å². The third-order valence-electron chi connectivity index (χ3n) is 2.17. The first-order valence-electron chi connectivity index (χ1n) is 4.61. The minimum Gasteiger partial charge on any atom is -0.338 e. The molecule has 0 aliphatic rings. The van der Waals surface area contributed by atoms with E-state index in [0.717, 1.165) is 5.56 Å². The van der Waals surface area contributed by atoms with Crippen LogP contribution in [0, 0.1) is 12.7 Å². The van der Waals surface area contributed by atoms with Crippen LogP contribution in [0.2, 0.25) is 5.02 Å². The summed E-state index contributed by atoms with van der Waals surface area (Å²) >= 11 is 5.86. The largest absolute Gasteiger partial charge is 0.338 e. The van der Waals surface area contributed by atoms with E-state index in [1.165, 1.54) is 6.07 Å². The lowest BCUT2D eigenvalue weighted by Gasteiger charge is -2.04. The number of aromatic nitrogens is 2. The molecule has 0 aliphatic carbocycles. The van der Waals surface area contributed by atoms with Crippen LogP contribution in [0.15, 0.2) is 16.7 Å². The molecule has 0 unspecified atom stereocenters. The van der Waals surface area contributed by atoms with Gasteiger partial charge in [0.25, 0.3) is 0 Å². The van der Waals surface area contributed by atoms with E-state index in [-0.39, 0.29) is 23.3 Å². The molecule has 2 aromatic rings. The zero-order valence-electron chi connectivity index (χ0n) is 8.50. The second-order valence-corrected chi connectivity index (χ2v) is 3.65. The molecule has 0 radical (unpaired) electrons. The van der Waals surface area contributed by atoms with Crippen molar-refractivity contribution < 1.29 is 8.91 Å². The summed E-state index contributed by atoms with van der Waals surface area (Å²) < 4.78 is 18.1. The zero-order chi connectivity index (χ0) is 11.7. The maximum absolute atomic E-state index is 13.3. The van der Waals surface area contributed by atoms with E-state index < -0.39 is 5.82 Å². The summed E-state index contributed by atoms with van der Waals surface area (Å²) in [6.45, 7) is 1.93. The number of hydrogen-bond donors (Lipinski definition) is 1. The van der Waals surface area contributed by atoms with E-state index >= 15 is 0 Å². The van der Waals surface area contributed by atoms with Crippen LogP contribution in [0.3, 0.4) is 0 Å². The second kappa shape index (κ2) is 4.19. The Balaban J connectivity index is 2.58. The Morgan fingerprint density at radius 1 is 1.50 bits per heavy atom. The van der Waals surface area contributed by atoms with Gasteiger partial charge in [0.1, 0.15) is 5.82 Å². The van der Waals surface area contributed by atoms with E-state index in [0.29, 0.717) is 5.56 Å². The number of benzene rings is 1. The van der Waals surface area contributed by atoms with Gasteiger partial charge in [0.15, 0.2) is 0 Å². The van der Waals surface area contributed by atoms with Crippen molar-refractivity contribution in [2.75, 3.05) is 0 Å². The molecule has 1 heterocycles. The van der Waals surface area contributed by atoms with Crippen molar-refractivity contribution in [2.24, 2.45) is 5.73 Å². The molecule has 4 nitrogen and oxygen atoms in total. The van der Waals surface area contributed by atoms with Crippen LogP contribution in [-0.2, 0) is 6.54 Å². The summed E-state index contributed by atoms with van der Waals surface area (Å²) in [7, 11) is 0. The van der Waals surface area contributed by atoms with Crippen molar-refractivity contribution in [3.63, 3.8) is 0 Å². The fraction of sp³-hybridized carbons (Fsp3) is 0.200. The van der Waals surface area contributed by atoms with E-state index in [2.05, 4.69) is 10.1 Å². The maximum atomic E-state index is 13.3. The van der Waals surface area contributed by atoms with E-state index in [1.807, 2.05) is 0 Å². The molecule has 2 N–H and O–H groups in total. The van der Waals surface area contributed by atoms with Gasteiger partial charge < -0.3 is 10.3 Å². The number of halogens is 2. The molecule has 0 amide bonds. The highest BCUT2D eigenvalue weighted by Crippen LogP contribution is 2.31. The monoisotopic (exact) mass is 241 g/mol. The number of hydrogen-bond acceptors (Lipinski definition) is 4. The topological polar surface area (TPSA) is 64.9 Å². The SMILES string of the molecule is Cc1ccc(F)c(Cl)c1-c1noc(CN)n1. The number of aryl methyl sites for hydroxylation is 1. The Labute approximate surface area is 96.2 Å². The van der Waals surface area contributed by atoms with Crippen molar-refractivity contribution in [3.8, 4) is 11.4 Å². The van der Waals surface area contributed by atoms with Crippen molar-refractivity contribution in [3.05, 3.63) is 34.4 Å². The normalized spacial score (nSPS) is 10.8. The third kappa shape index (κ3) is 1.79. The number of nitrogens with zero attached hydrogens (tertiary/aromatic N) is 2. The van der Waals surface area contributed by atoms with Gasteiger partial charge in [0.05, 0.1) is 11.6 Å². The van der Waals surface area contributed by atoms with Crippen LogP contribution >= 0.6 is 11.6 Å². The van der Waals surface area contributed by atoms with Gasteiger partial charge in [-0.3, -0.25) is 0 Å². The molecule has 0 aliphatic heterocycles. The highest BCUT2D eigenvalue weighted by Gasteiger charge is 2.16. The molecule has 0 saturated carbocycles. The van der Waals surface area contributed by atoms with E-state index in [9.17, 15) is 4.39 Å². The van der Waals surface area contributed by atoms with E-state index in [4.69, 9.17) is 21.9 Å². The van der Waals surface area contributed by atoms with Crippen LogP contribution in [0.1, 0.15) is 11.5 Å². The molecule has 0 bridgehead atoms. The smallest absolute Gasteiger partial charge is 0.240 e. The van der Waals surface area contributed by atoms with Crippen molar-refractivity contribution in [2.45, 2.75) is 13.5 Å². The van der Waals surface area contributed by atoms with Crippen molar-refractivity contribution >= 4 is 11.6 Å². The molecular weight excluding hydrogens is 233 g/mol. The fourth-order valence-electron chi connectivity index (χ4n) is 1.36. The third-order valence-corrected chi connectivity index (χ3v) is 2.54. The van der Waals surface area contributed by atoms with Gasteiger partial charge in [-0.25, -0.2) is 4.39 Å². The quantitative estimate of drug-likeness (QED) is 0.876. The molecule has 84 valence electrons. The molecule has 0 atom stereocenters. The van der Waals surface area contributed by atoms with Crippen molar-refractivity contribution in [1.82, 2.24) is 10.1 Å². The van der Waals surface area contributed by atoms with Crippen LogP contribution in [-0.4, -0.2) is 10.1 Å². The van der Waals surface area contributed by atoms with Gasteiger partial charge >= 0.3 is 0 Å².